The first-order valence-electron chi connectivity index (χ1n) is 8.55. The Hall–Kier alpha value is -1.06. The molecule has 0 aliphatic heterocycles. The summed E-state index contributed by atoms with van der Waals surface area (Å²) in [6.45, 7) is 9.77. The third-order valence-corrected chi connectivity index (χ3v) is 3.76. The second kappa shape index (κ2) is 10.6. The van der Waals surface area contributed by atoms with Gasteiger partial charge in [-0.05, 0) is 46.5 Å². The quantitative estimate of drug-likeness (QED) is 0.440. The van der Waals surface area contributed by atoms with Crippen molar-refractivity contribution in [2.75, 3.05) is 7.11 Å². The van der Waals surface area contributed by atoms with Crippen molar-refractivity contribution in [3.63, 3.8) is 0 Å². The van der Waals surface area contributed by atoms with Crippen molar-refractivity contribution < 1.29 is 19.1 Å². The van der Waals surface area contributed by atoms with E-state index in [2.05, 4.69) is 6.92 Å². The maximum Gasteiger partial charge on any atom is 0.309 e. The smallest absolute Gasteiger partial charge is 0.309 e. The van der Waals surface area contributed by atoms with Crippen LogP contribution in [0, 0.1) is 11.8 Å². The van der Waals surface area contributed by atoms with Crippen LogP contribution in [0.4, 0.5) is 0 Å². The van der Waals surface area contributed by atoms with Crippen LogP contribution in [0.15, 0.2) is 0 Å². The van der Waals surface area contributed by atoms with Crippen molar-refractivity contribution in [1.29, 1.82) is 0 Å². The molecule has 0 heterocycles. The van der Waals surface area contributed by atoms with Crippen molar-refractivity contribution in [2.24, 2.45) is 11.8 Å². The molecular weight excluding hydrogens is 280 g/mol. The molecule has 4 heteroatoms. The van der Waals surface area contributed by atoms with E-state index in [1.165, 1.54) is 7.11 Å². The Bertz CT molecular complexity index is 330. The van der Waals surface area contributed by atoms with Crippen LogP contribution in [0.2, 0.25) is 0 Å². The predicted molar refractivity (Wildman–Crippen MR) is 88.5 cm³/mol. The summed E-state index contributed by atoms with van der Waals surface area (Å²) in [5.74, 6) is -0.257. The molecule has 0 N–H and O–H groups in total. The molecule has 0 saturated heterocycles. The molecule has 0 amide bonds. The Kier molecular flexibility index (Phi) is 10.1. The molecule has 0 bridgehead atoms. The standard InChI is InChI=1S/C18H34O4/c1-7-11-15(16(19)21-6)13-10-9-12-14(8-2)17(20)22-18(3,4)5/h14-15H,7-13H2,1-6H3. The third kappa shape index (κ3) is 9.06. The summed E-state index contributed by atoms with van der Waals surface area (Å²) in [5.41, 5.74) is -0.429. The SMILES string of the molecule is CCCC(CCCCC(CC)C(=O)OC(C)(C)C)C(=O)OC. The molecule has 4 nitrogen and oxygen atoms in total. The normalized spacial score (nSPS) is 14.3. The van der Waals surface area contributed by atoms with Crippen LogP contribution in [0.25, 0.3) is 0 Å². The number of hydrogen-bond acceptors (Lipinski definition) is 4. The van der Waals surface area contributed by atoms with Crippen LogP contribution < -0.4 is 0 Å². The van der Waals surface area contributed by atoms with Gasteiger partial charge in [-0.3, -0.25) is 9.59 Å². The van der Waals surface area contributed by atoms with Crippen LogP contribution in [0.3, 0.4) is 0 Å². The number of hydrogen-bond donors (Lipinski definition) is 0. The van der Waals surface area contributed by atoms with Gasteiger partial charge < -0.3 is 9.47 Å². The number of carbonyl (C=O) groups excluding carboxylic acids is 2. The van der Waals surface area contributed by atoms with Gasteiger partial charge >= 0.3 is 11.9 Å². The van der Waals surface area contributed by atoms with E-state index in [-0.39, 0.29) is 23.8 Å². The van der Waals surface area contributed by atoms with Crippen molar-refractivity contribution in [2.45, 2.75) is 85.2 Å². The molecule has 0 radical (unpaired) electrons. The second-order valence-electron chi connectivity index (χ2n) is 6.93. The lowest BCUT2D eigenvalue weighted by Crippen LogP contribution is -2.28. The zero-order valence-electron chi connectivity index (χ0n) is 15.2. The first-order valence-corrected chi connectivity index (χ1v) is 8.55. The van der Waals surface area contributed by atoms with E-state index in [0.717, 1.165) is 44.9 Å². The van der Waals surface area contributed by atoms with Gasteiger partial charge in [0.15, 0.2) is 0 Å². The first-order chi connectivity index (χ1) is 10.2. The van der Waals surface area contributed by atoms with Gasteiger partial charge in [-0.15, -0.1) is 0 Å². The fraction of sp³-hybridized carbons (Fsp3) is 0.889. The summed E-state index contributed by atoms with van der Waals surface area (Å²) in [6, 6.07) is 0. The van der Waals surface area contributed by atoms with E-state index in [1.807, 2.05) is 27.7 Å². The van der Waals surface area contributed by atoms with Gasteiger partial charge in [0.05, 0.1) is 18.9 Å². The number of ether oxygens (including phenoxy) is 2. The van der Waals surface area contributed by atoms with Gasteiger partial charge in [0.1, 0.15) is 5.60 Å². The highest BCUT2D eigenvalue weighted by atomic mass is 16.6. The molecule has 0 saturated carbocycles. The molecule has 0 aliphatic carbocycles. The summed E-state index contributed by atoms with van der Waals surface area (Å²) < 4.78 is 10.3. The van der Waals surface area contributed by atoms with Crippen molar-refractivity contribution in [3.05, 3.63) is 0 Å². The predicted octanol–water partition coefficient (Wildman–Crippen LogP) is 4.50. The number of rotatable bonds is 10. The number of carbonyl (C=O) groups is 2. The molecule has 0 rings (SSSR count). The fourth-order valence-corrected chi connectivity index (χ4v) is 2.55. The Labute approximate surface area is 135 Å². The number of unbranched alkanes of at least 4 members (excludes halogenated alkanes) is 1. The molecule has 130 valence electrons. The van der Waals surface area contributed by atoms with Gasteiger partial charge in [-0.1, -0.05) is 33.1 Å². The molecular formula is C18H34O4. The zero-order valence-corrected chi connectivity index (χ0v) is 15.2. The molecule has 0 spiro atoms. The van der Waals surface area contributed by atoms with E-state index in [1.54, 1.807) is 0 Å². The van der Waals surface area contributed by atoms with Gasteiger partial charge in [0.25, 0.3) is 0 Å². The Balaban J connectivity index is 4.19. The highest BCUT2D eigenvalue weighted by molar-refractivity contribution is 5.73. The molecule has 2 unspecified atom stereocenters. The Morgan fingerprint density at radius 3 is 1.86 bits per heavy atom. The lowest BCUT2D eigenvalue weighted by molar-refractivity contribution is -0.160. The highest BCUT2D eigenvalue weighted by Gasteiger charge is 2.24. The minimum absolute atomic E-state index is 0.00315. The van der Waals surface area contributed by atoms with E-state index in [0.29, 0.717) is 0 Å². The average molecular weight is 314 g/mol. The maximum absolute atomic E-state index is 12.1. The van der Waals surface area contributed by atoms with Gasteiger partial charge in [-0.2, -0.15) is 0 Å². The lowest BCUT2D eigenvalue weighted by atomic mass is 9.93. The number of methoxy groups -OCH3 is 1. The van der Waals surface area contributed by atoms with Crippen LogP contribution in [0.1, 0.15) is 79.6 Å². The summed E-state index contributed by atoms with van der Waals surface area (Å²) in [5, 5.41) is 0. The van der Waals surface area contributed by atoms with Crippen LogP contribution in [-0.2, 0) is 19.1 Å². The maximum atomic E-state index is 12.1. The van der Waals surface area contributed by atoms with Crippen molar-refractivity contribution in [1.82, 2.24) is 0 Å². The first kappa shape index (κ1) is 20.9. The van der Waals surface area contributed by atoms with Crippen LogP contribution in [0.5, 0.6) is 0 Å². The summed E-state index contributed by atoms with van der Waals surface area (Å²) in [7, 11) is 1.45. The molecule has 0 fully saturated rings. The topological polar surface area (TPSA) is 52.6 Å². The minimum atomic E-state index is -0.429. The fourth-order valence-electron chi connectivity index (χ4n) is 2.55. The minimum Gasteiger partial charge on any atom is -0.469 e. The molecule has 22 heavy (non-hydrogen) atoms. The van der Waals surface area contributed by atoms with Gasteiger partial charge in [0, 0.05) is 0 Å². The van der Waals surface area contributed by atoms with Crippen LogP contribution >= 0.6 is 0 Å². The van der Waals surface area contributed by atoms with E-state index in [9.17, 15) is 9.59 Å². The van der Waals surface area contributed by atoms with Gasteiger partial charge in [-0.25, -0.2) is 0 Å². The summed E-state index contributed by atoms with van der Waals surface area (Å²) >= 11 is 0. The molecule has 2 atom stereocenters. The summed E-state index contributed by atoms with van der Waals surface area (Å²) in [6.07, 6.45) is 6.19. The molecule has 0 aromatic heterocycles. The van der Waals surface area contributed by atoms with E-state index >= 15 is 0 Å². The number of esters is 2. The summed E-state index contributed by atoms with van der Waals surface area (Å²) in [4.78, 5) is 23.7. The lowest BCUT2D eigenvalue weighted by Gasteiger charge is -2.23. The van der Waals surface area contributed by atoms with Crippen molar-refractivity contribution >= 4 is 11.9 Å². The molecule has 0 aromatic carbocycles. The van der Waals surface area contributed by atoms with E-state index < -0.39 is 5.60 Å². The Morgan fingerprint density at radius 1 is 0.909 bits per heavy atom. The van der Waals surface area contributed by atoms with E-state index in [4.69, 9.17) is 9.47 Å². The molecule has 0 aromatic rings. The third-order valence-electron chi connectivity index (χ3n) is 3.76. The van der Waals surface area contributed by atoms with Crippen molar-refractivity contribution in [3.8, 4) is 0 Å². The largest absolute Gasteiger partial charge is 0.469 e. The van der Waals surface area contributed by atoms with Crippen LogP contribution in [-0.4, -0.2) is 24.6 Å². The second-order valence-corrected chi connectivity index (χ2v) is 6.93. The Morgan fingerprint density at radius 2 is 1.45 bits per heavy atom. The average Bonchev–Trinajstić information content (AvgIpc) is 2.43. The monoisotopic (exact) mass is 314 g/mol. The molecule has 0 aliphatic rings. The van der Waals surface area contributed by atoms with Gasteiger partial charge in [0.2, 0.25) is 0 Å². The zero-order chi connectivity index (χ0) is 17.2. The highest BCUT2D eigenvalue weighted by Crippen LogP contribution is 2.22.